The maximum atomic E-state index is 14.1. The van der Waals surface area contributed by atoms with Gasteiger partial charge in [-0.25, -0.2) is 19.6 Å². The van der Waals surface area contributed by atoms with Crippen molar-refractivity contribution in [1.82, 2.24) is 40.4 Å². The van der Waals surface area contributed by atoms with Gasteiger partial charge in [-0.1, -0.05) is 102 Å². The highest BCUT2D eigenvalue weighted by Crippen LogP contribution is 2.42. The van der Waals surface area contributed by atoms with E-state index in [1.165, 1.54) is 14.2 Å². The molecule has 8 aromatic rings. The summed E-state index contributed by atoms with van der Waals surface area (Å²) in [7, 11) is 2.61. The number of carbonyl (C=O) groups excluding carboxylic acids is 4. The third-order valence-electron chi connectivity index (χ3n) is 16.0. The largest absolute Gasteiger partial charge is 0.453 e. The van der Waals surface area contributed by atoms with Gasteiger partial charge < -0.3 is 39.9 Å². The number of likely N-dealkylation sites (tertiary alicyclic amines) is 2. The Morgan fingerprint density at radius 1 is 0.500 bits per heavy atom. The molecule has 0 aliphatic carbocycles. The molecule has 2 aromatic heterocycles. The van der Waals surface area contributed by atoms with E-state index in [0.29, 0.717) is 0 Å². The Morgan fingerprint density at radius 3 is 1.12 bits per heavy atom. The summed E-state index contributed by atoms with van der Waals surface area (Å²) in [4.78, 5) is 73.5. The van der Waals surface area contributed by atoms with Crippen molar-refractivity contribution in [2.45, 2.75) is 104 Å². The van der Waals surface area contributed by atoms with Crippen LogP contribution in [-0.4, -0.2) is 92.1 Å². The molecule has 14 nitrogen and oxygen atoms in total. The maximum Gasteiger partial charge on any atom is 0.407 e. The number of aromatic amines is 2. The summed E-state index contributed by atoms with van der Waals surface area (Å²) in [5.74, 6) is 1.44. The minimum atomic E-state index is -0.719. The molecule has 0 bridgehead atoms. The minimum absolute atomic E-state index is 0.0350. The first kappa shape index (κ1) is 49.8. The molecule has 2 saturated heterocycles. The van der Waals surface area contributed by atoms with Crippen molar-refractivity contribution in [3.05, 3.63) is 121 Å². The minimum Gasteiger partial charge on any atom is -0.453 e. The highest BCUT2D eigenvalue weighted by atomic mass is 16.5. The van der Waals surface area contributed by atoms with E-state index in [2.05, 4.69) is 145 Å². The van der Waals surface area contributed by atoms with Gasteiger partial charge in [0.25, 0.3) is 0 Å². The number of aromatic nitrogens is 4. The number of alkyl carbamates (subject to hydrolysis) is 2. The summed E-state index contributed by atoms with van der Waals surface area (Å²) < 4.78 is 9.70. The first-order chi connectivity index (χ1) is 35.5. The van der Waals surface area contributed by atoms with E-state index in [0.717, 1.165) is 101 Å². The van der Waals surface area contributed by atoms with Crippen molar-refractivity contribution < 1.29 is 28.7 Å². The quantitative estimate of drug-likeness (QED) is 0.0990. The second kappa shape index (κ2) is 19.9. The number of hydrogen-bond donors (Lipinski definition) is 4. The molecule has 4 amide bonds. The predicted octanol–water partition coefficient (Wildman–Crippen LogP) is 12.1. The second-order valence-electron chi connectivity index (χ2n) is 21.4. The highest BCUT2D eigenvalue weighted by Gasteiger charge is 2.46. The summed E-state index contributed by atoms with van der Waals surface area (Å²) in [5, 5.41) is 10.1. The summed E-state index contributed by atoms with van der Waals surface area (Å²) in [6.07, 6.45) is 0.272. The fourth-order valence-electron chi connectivity index (χ4n) is 11.3. The first-order valence-electron chi connectivity index (χ1n) is 25.9. The standard InChI is InChI=1S/C60H66N8O6/c1-31(2)53(65-59(71)73-9)57(69)67-35(7)33(5)23-51(67)55-61-47-21-19-45(29-49(47)63-55)43-17-15-39-25-37(11-13-41(39)27-43)38-12-14-42-28-44(18-16-40(42)26-38)46-20-22-48-50(30-46)64-56(62-48)52-24-34(6)36(8)68(52)58(70)54(32(3)4)66-60(72)74-10/h11-22,25-36,51-54H,23-24H2,1-10H3,(H,61,63)(H,62,64)(H,65,71)(H,66,72)/t33-,34-,35-,36-,51+,52+,53+,54+/m1/s1. The van der Waals surface area contributed by atoms with Gasteiger partial charge >= 0.3 is 12.2 Å². The van der Waals surface area contributed by atoms with E-state index in [9.17, 15) is 19.2 Å². The number of imidazole rings is 2. The van der Waals surface area contributed by atoms with Gasteiger partial charge in [-0.2, -0.15) is 0 Å². The van der Waals surface area contributed by atoms with Crippen LogP contribution < -0.4 is 10.6 Å². The molecule has 0 unspecified atom stereocenters. The van der Waals surface area contributed by atoms with Crippen LogP contribution in [-0.2, 0) is 19.1 Å². The second-order valence-corrected chi connectivity index (χ2v) is 21.4. The zero-order valence-corrected chi connectivity index (χ0v) is 43.8. The number of fused-ring (bicyclic) bond motifs is 4. The van der Waals surface area contributed by atoms with E-state index in [1.54, 1.807) is 0 Å². The Bertz CT molecular complexity index is 3240. The Hall–Kier alpha value is -7.74. The summed E-state index contributed by atoms with van der Waals surface area (Å²) in [6.45, 7) is 16.1. The molecule has 74 heavy (non-hydrogen) atoms. The molecule has 2 fully saturated rings. The number of nitrogens with one attached hydrogen (secondary N) is 4. The number of H-pyrrole nitrogens is 2. The smallest absolute Gasteiger partial charge is 0.407 e. The van der Waals surface area contributed by atoms with Gasteiger partial charge in [0.05, 0.1) is 48.4 Å². The first-order valence-corrected chi connectivity index (χ1v) is 25.9. The number of amides is 4. The lowest BCUT2D eigenvalue weighted by atomic mass is 9.95. The molecular formula is C60H66N8O6. The molecule has 6 aromatic carbocycles. The molecule has 2 aliphatic rings. The van der Waals surface area contributed by atoms with Crippen LogP contribution in [0.25, 0.3) is 77.0 Å². The van der Waals surface area contributed by atoms with Crippen molar-refractivity contribution in [1.29, 1.82) is 0 Å². The molecule has 0 spiro atoms. The normalized spacial score (nSPS) is 20.8. The van der Waals surface area contributed by atoms with Crippen LogP contribution in [0.4, 0.5) is 9.59 Å². The molecule has 2 aliphatic heterocycles. The molecule has 4 N–H and O–H groups in total. The van der Waals surface area contributed by atoms with Crippen molar-refractivity contribution in [2.75, 3.05) is 14.2 Å². The van der Waals surface area contributed by atoms with Crippen LogP contribution in [0.15, 0.2) is 109 Å². The number of hydrogen-bond acceptors (Lipinski definition) is 8. The zero-order valence-electron chi connectivity index (χ0n) is 43.8. The number of ether oxygens (including phenoxy) is 2. The monoisotopic (exact) mass is 995 g/mol. The van der Waals surface area contributed by atoms with E-state index < -0.39 is 24.3 Å². The van der Waals surface area contributed by atoms with Gasteiger partial charge in [-0.3, -0.25) is 9.59 Å². The van der Waals surface area contributed by atoms with Crippen LogP contribution in [0.3, 0.4) is 0 Å². The summed E-state index contributed by atoms with van der Waals surface area (Å²) in [5.41, 5.74) is 10.0. The predicted molar refractivity (Wildman–Crippen MR) is 291 cm³/mol. The molecular weight excluding hydrogens is 929 g/mol. The van der Waals surface area contributed by atoms with Gasteiger partial charge in [0.1, 0.15) is 23.7 Å². The van der Waals surface area contributed by atoms with Crippen LogP contribution in [0, 0.1) is 23.7 Å². The molecule has 14 heteroatoms. The average Bonchev–Trinajstić information content (AvgIpc) is 4.17. The van der Waals surface area contributed by atoms with Gasteiger partial charge in [-0.05, 0) is 154 Å². The number of carbonyl (C=O) groups is 4. The number of benzene rings is 6. The number of methoxy groups -OCH3 is 2. The average molecular weight is 995 g/mol. The van der Waals surface area contributed by atoms with Gasteiger partial charge in [0, 0.05) is 12.1 Å². The molecule has 0 saturated carbocycles. The van der Waals surface area contributed by atoms with E-state index >= 15 is 0 Å². The van der Waals surface area contributed by atoms with Crippen LogP contribution in [0.5, 0.6) is 0 Å². The van der Waals surface area contributed by atoms with Gasteiger partial charge in [0.2, 0.25) is 11.8 Å². The van der Waals surface area contributed by atoms with E-state index in [1.807, 2.05) is 49.6 Å². The van der Waals surface area contributed by atoms with Crippen molar-refractivity contribution in [2.24, 2.45) is 23.7 Å². The van der Waals surface area contributed by atoms with Crippen molar-refractivity contribution in [3.8, 4) is 33.4 Å². The van der Waals surface area contributed by atoms with Gasteiger partial charge in [-0.15, -0.1) is 0 Å². The lowest BCUT2D eigenvalue weighted by Crippen LogP contribution is -2.53. The lowest BCUT2D eigenvalue weighted by molar-refractivity contribution is -0.138. The Balaban J connectivity index is 0.852. The van der Waals surface area contributed by atoms with Crippen molar-refractivity contribution >= 4 is 67.6 Å². The Kier molecular flexibility index (Phi) is 13.4. The highest BCUT2D eigenvalue weighted by molar-refractivity contribution is 5.96. The van der Waals surface area contributed by atoms with Crippen LogP contribution >= 0.6 is 0 Å². The molecule has 382 valence electrons. The van der Waals surface area contributed by atoms with Crippen molar-refractivity contribution in [3.63, 3.8) is 0 Å². The number of rotatable bonds is 11. The van der Waals surface area contributed by atoms with Crippen LogP contribution in [0.1, 0.15) is 92.0 Å². The molecule has 8 atom stereocenters. The maximum absolute atomic E-state index is 14.1. The molecule has 0 radical (unpaired) electrons. The van der Waals surface area contributed by atoms with E-state index in [-0.39, 0.29) is 59.7 Å². The third-order valence-corrected chi connectivity index (χ3v) is 16.0. The molecule has 4 heterocycles. The topological polar surface area (TPSA) is 175 Å². The van der Waals surface area contributed by atoms with E-state index in [4.69, 9.17) is 19.4 Å². The zero-order chi connectivity index (χ0) is 52.3. The summed E-state index contributed by atoms with van der Waals surface area (Å²) >= 11 is 0. The SMILES string of the molecule is COC(=O)N[C@H](C(=O)N1[C@H](C)[C@H](C)C[C@H]1c1nc2ccc(-c3ccc4cc(-c5ccc6cc(-c7ccc8nc([C@@H]9C[C@@H](C)[C@@H](C)N9C(=O)[C@@H](NC(=O)OC)C(C)C)[nH]c8c7)ccc6c5)ccc4c3)cc2[nH]1)C(C)C. The summed E-state index contributed by atoms with van der Waals surface area (Å²) in [6, 6.07) is 36.9. The third kappa shape index (κ3) is 9.30. The molecule has 10 rings (SSSR count). The Labute approximate surface area is 431 Å². The fraction of sp³-hybridized carbons (Fsp3) is 0.367. The van der Waals surface area contributed by atoms with Gasteiger partial charge in [0.15, 0.2) is 0 Å². The lowest BCUT2D eigenvalue weighted by Gasteiger charge is -2.33. The Morgan fingerprint density at radius 2 is 0.811 bits per heavy atom. The number of nitrogens with zero attached hydrogens (tertiary/aromatic N) is 4. The van der Waals surface area contributed by atoms with Crippen LogP contribution in [0.2, 0.25) is 0 Å². The fourth-order valence-corrected chi connectivity index (χ4v) is 11.3.